The molecule has 6 rings (SSSR count). The van der Waals surface area contributed by atoms with E-state index in [2.05, 4.69) is 20.3 Å². The van der Waals surface area contributed by atoms with Gasteiger partial charge in [0.05, 0.1) is 27.2 Å². The fourth-order valence-electron chi connectivity index (χ4n) is 5.98. The number of rotatable bonds is 13. The molecule has 15 heteroatoms. The Morgan fingerprint density at radius 2 is 1.62 bits per heavy atom. The molecule has 2 N–H and O–H groups in total. The number of fused-ring (bicyclic) bond motifs is 1. The van der Waals surface area contributed by atoms with E-state index in [-0.39, 0.29) is 42.0 Å². The molecule has 0 bridgehead atoms. The van der Waals surface area contributed by atoms with E-state index in [9.17, 15) is 14.2 Å². The average Bonchev–Trinajstić information content (AvgIpc) is 3.73. The van der Waals surface area contributed by atoms with Gasteiger partial charge in [-0.05, 0) is 41.0 Å². The molecule has 3 heterocycles. The van der Waals surface area contributed by atoms with E-state index in [4.69, 9.17) is 35.7 Å². The lowest BCUT2D eigenvalue weighted by Crippen LogP contribution is -2.38. The predicted molar refractivity (Wildman–Crippen MR) is 188 cm³/mol. The van der Waals surface area contributed by atoms with Crippen LogP contribution in [0.25, 0.3) is 11.2 Å². The Balaban J connectivity index is 1.38. The maximum absolute atomic E-state index is 12.9. The van der Waals surface area contributed by atoms with Crippen LogP contribution < -0.4 is 20.3 Å². The third kappa shape index (κ3) is 7.16. The van der Waals surface area contributed by atoms with Gasteiger partial charge in [-0.25, -0.2) is 4.98 Å². The van der Waals surface area contributed by atoms with Crippen molar-refractivity contribution in [3.05, 3.63) is 112 Å². The van der Waals surface area contributed by atoms with E-state index >= 15 is 0 Å². The van der Waals surface area contributed by atoms with Crippen molar-refractivity contribution in [2.24, 2.45) is 5.92 Å². The Kier molecular flexibility index (Phi) is 10.7. The smallest absolute Gasteiger partial charge is 0.372 e. The largest absolute Gasteiger partial charge is 0.497 e. The lowest BCUT2D eigenvalue weighted by atomic mass is 9.80. The summed E-state index contributed by atoms with van der Waals surface area (Å²) in [6, 6.07) is 25.0. The molecule has 1 fully saturated rings. The Morgan fingerprint density at radius 3 is 2.18 bits per heavy atom. The van der Waals surface area contributed by atoms with Crippen LogP contribution in [0.3, 0.4) is 0 Å². The van der Waals surface area contributed by atoms with Crippen LogP contribution in [-0.4, -0.2) is 58.5 Å². The zero-order valence-corrected chi connectivity index (χ0v) is 29.5. The molecule has 5 aromatic rings. The summed E-state index contributed by atoms with van der Waals surface area (Å²) in [5.74, 6) is 0.696. The number of aromatic nitrogens is 4. The Morgan fingerprint density at radius 1 is 1.02 bits per heavy atom. The van der Waals surface area contributed by atoms with Gasteiger partial charge in [0.2, 0.25) is 11.9 Å². The van der Waals surface area contributed by atoms with Gasteiger partial charge in [0, 0.05) is 12.3 Å². The number of H-pyrrole nitrogens is 1. The van der Waals surface area contributed by atoms with Crippen molar-refractivity contribution in [3.8, 4) is 11.5 Å². The second-order valence-electron chi connectivity index (χ2n) is 11.9. The highest BCUT2D eigenvalue weighted by molar-refractivity contribution is 8.25. The predicted octanol–water partition coefficient (Wildman–Crippen LogP) is 5.62. The normalized spacial score (nSPS) is 18.0. The van der Waals surface area contributed by atoms with Crippen LogP contribution in [0.5, 0.6) is 11.5 Å². The topological polar surface area (TPSA) is 156 Å². The van der Waals surface area contributed by atoms with Crippen LogP contribution in [0.1, 0.15) is 43.2 Å². The molecule has 50 heavy (non-hydrogen) atoms. The number of amides is 1. The molecule has 13 nitrogen and oxygen atoms in total. The molecular formula is C35H36N5O8PS. The number of methoxy groups -OCH3 is 2. The maximum atomic E-state index is 12.9. The van der Waals surface area contributed by atoms with Gasteiger partial charge in [-0.15, -0.1) is 0 Å². The molecule has 3 aromatic carbocycles. The van der Waals surface area contributed by atoms with Gasteiger partial charge in [-0.3, -0.25) is 24.5 Å². The fourth-order valence-corrected chi connectivity index (χ4v) is 6.76. The van der Waals surface area contributed by atoms with Crippen LogP contribution in [0.15, 0.2) is 90.0 Å². The van der Waals surface area contributed by atoms with Crippen molar-refractivity contribution < 1.29 is 32.8 Å². The Labute approximate surface area is 294 Å². The van der Waals surface area contributed by atoms with Crippen molar-refractivity contribution in [1.82, 2.24) is 19.5 Å². The molecule has 260 valence electrons. The first kappa shape index (κ1) is 35.2. The molecule has 1 aliphatic rings. The van der Waals surface area contributed by atoms with E-state index in [1.165, 1.54) is 6.33 Å². The lowest BCUT2D eigenvalue weighted by molar-refractivity contribution is -0.118. The van der Waals surface area contributed by atoms with Gasteiger partial charge in [0.15, 0.2) is 11.2 Å². The number of carbonyl (C=O) groups excluding carboxylic acids is 1. The van der Waals surface area contributed by atoms with Crippen molar-refractivity contribution in [2.75, 3.05) is 26.1 Å². The molecule has 0 saturated carbocycles. The van der Waals surface area contributed by atoms with Gasteiger partial charge in [-0.2, -0.15) is 9.51 Å². The van der Waals surface area contributed by atoms with E-state index in [0.29, 0.717) is 11.5 Å². The minimum absolute atomic E-state index is 0.0195. The molecule has 0 radical (unpaired) electrons. The molecule has 1 saturated heterocycles. The number of hydrogen-bond donors (Lipinski definition) is 2. The monoisotopic (exact) mass is 717 g/mol. The molecule has 2 unspecified atom stereocenters. The first-order valence-corrected chi connectivity index (χ1v) is 18.0. The molecule has 0 spiro atoms. The molecule has 1 aliphatic heterocycles. The van der Waals surface area contributed by atoms with E-state index < -0.39 is 36.8 Å². The third-order valence-electron chi connectivity index (χ3n) is 8.55. The zero-order chi connectivity index (χ0) is 35.4. The first-order chi connectivity index (χ1) is 24.1. The van der Waals surface area contributed by atoms with Gasteiger partial charge < -0.3 is 31.2 Å². The summed E-state index contributed by atoms with van der Waals surface area (Å²) in [5, 5.41) is 2.62. The number of imidazole rings is 1. The summed E-state index contributed by atoms with van der Waals surface area (Å²) in [6.45, 7) is 3.43. The Hall–Kier alpha value is -4.59. The van der Waals surface area contributed by atoms with Crippen molar-refractivity contribution in [2.45, 2.75) is 44.3 Å². The summed E-state index contributed by atoms with van der Waals surface area (Å²) in [6.07, 6.45) is -0.632. The minimum Gasteiger partial charge on any atom is -0.497 e. The van der Waals surface area contributed by atoms with Gasteiger partial charge in [0.25, 0.3) is 5.56 Å². The quantitative estimate of drug-likeness (QED) is 0.0886. The first-order valence-electron chi connectivity index (χ1n) is 15.9. The number of nitrogens with one attached hydrogen (secondary N) is 2. The summed E-state index contributed by atoms with van der Waals surface area (Å²) >= 11 is 4.96. The van der Waals surface area contributed by atoms with E-state index in [0.717, 1.165) is 16.7 Å². The number of aromatic amines is 1. The fraction of sp³-hybridized carbons (Fsp3) is 0.314. The molecule has 0 aliphatic carbocycles. The number of ether oxygens (including phenoxy) is 4. The van der Waals surface area contributed by atoms with Gasteiger partial charge in [0.1, 0.15) is 35.5 Å². The maximum Gasteiger partial charge on any atom is 0.372 e. The third-order valence-corrected chi connectivity index (χ3v) is 9.25. The van der Waals surface area contributed by atoms with Crippen molar-refractivity contribution >= 4 is 42.5 Å². The highest BCUT2D eigenvalue weighted by Gasteiger charge is 2.45. The summed E-state index contributed by atoms with van der Waals surface area (Å²) < 4.78 is 44.1. The summed E-state index contributed by atoms with van der Waals surface area (Å²) in [5.41, 5.74) is 1.05. The average molecular weight is 718 g/mol. The van der Waals surface area contributed by atoms with Gasteiger partial charge in [-0.1, -0.05) is 73.0 Å². The SMILES string of the molecule is COc1ccc(C(OC[C@H]2OC(n3cnc4c(=O)[nH]c(NC(=O)C(C)C)nc43)C[C@@H]2O[P+](=O)[S-])(c2ccccc2)c2ccc(OC)cc2)cc1. The van der Waals surface area contributed by atoms with E-state index in [1.807, 2.05) is 78.9 Å². The summed E-state index contributed by atoms with van der Waals surface area (Å²) in [4.78, 5) is 36.5. The number of carbonyl (C=O) groups is 1. The Bertz CT molecular complexity index is 1970. The second-order valence-corrected chi connectivity index (χ2v) is 13.5. The van der Waals surface area contributed by atoms with Crippen molar-refractivity contribution in [3.63, 3.8) is 0 Å². The number of benzene rings is 3. The van der Waals surface area contributed by atoms with Gasteiger partial charge >= 0.3 is 7.23 Å². The second kappa shape index (κ2) is 15.1. The van der Waals surface area contributed by atoms with Crippen LogP contribution in [-0.2, 0) is 41.2 Å². The highest BCUT2D eigenvalue weighted by atomic mass is 32.7. The van der Waals surface area contributed by atoms with Crippen molar-refractivity contribution in [1.29, 1.82) is 0 Å². The number of anilines is 1. The lowest BCUT2D eigenvalue weighted by Gasteiger charge is -2.37. The summed E-state index contributed by atoms with van der Waals surface area (Å²) in [7, 11) is 0.782. The van der Waals surface area contributed by atoms with Crippen LogP contribution in [0.4, 0.5) is 5.95 Å². The number of nitrogens with zero attached hydrogens (tertiary/aromatic N) is 3. The standard InChI is InChI=1S/C35H36N5O8PS/c1-21(2)32(41)38-34-37-31-30(33(42)39-34)36-20-40(31)29-18-27(48-49(43)50)28(47-29)19-46-35(22-8-6-5-7-9-22,23-10-14-25(44-3)15-11-23)24-12-16-26(45-4)17-13-24/h5-17,20-21,27-29H,18-19H2,1-4H3,(H2,37,38,39,41,42)/t27-,28+,29?/m0/s1. The van der Waals surface area contributed by atoms with Crippen LogP contribution >= 0.6 is 7.23 Å². The molecule has 2 aromatic heterocycles. The molecule has 1 amide bonds. The van der Waals surface area contributed by atoms with E-state index in [1.54, 1.807) is 32.6 Å². The minimum atomic E-state index is -2.43. The van der Waals surface area contributed by atoms with Crippen LogP contribution in [0, 0.1) is 5.92 Å². The van der Waals surface area contributed by atoms with Crippen LogP contribution in [0.2, 0.25) is 0 Å². The number of hydrogen-bond acceptors (Lipinski definition) is 11. The highest BCUT2D eigenvalue weighted by Crippen LogP contribution is 2.44. The molecule has 4 atom stereocenters. The molecular weight excluding hydrogens is 681 g/mol. The zero-order valence-electron chi connectivity index (χ0n) is 27.8.